The molecule has 1 aromatic carbocycles. The number of alkyl halides is 3. The Morgan fingerprint density at radius 1 is 1.18 bits per heavy atom. The zero-order valence-electron chi connectivity index (χ0n) is 24.9. The number of methoxy groups -OCH3 is 1. The van der Waals surface area contributed by atoms with E-state index in [9.17, 15) is 13.2 Å². The van der Waals surface area contributed by atoms with Crippen LogP contribution in [0, 0.1) is 5.82 Å². The minimum atomic E-state index is -4.88. The molecule has 1 unspecified atom stereocenters. The summed E-state index contributed by atoms with van der Waals surface area (Å²) in [6, 6.07) is 1.82. The molecule has 0 spiro atoms. The molecular weight excluding hydrogens is 602 g/mol. The molecule has 9 nitrogen and oxygen atoms in total. The third-order valence-corrected chi connectivity index (χ3v) is 8.74. The monoisotopic (exact) mass is 639 g/mol. The highest BCUT2D eigenvalue weighted by Gasteiger charge is 2.45. The van der Waals surface area contributed by atoms with Crippen LogP contribution in [0.1, 0.15) is 51.0 Å². The summed E-state index contributed by atoms with van der Waals surface area (Å²) in [6.45, 7) is 5.98. The Hall–Kier alpha value is -3.00. The van der Waals surface area contributed by atoms with Crippen LogP contribution >= 0.6 is 11.6 Å². The van der Waals surface area contributed by atoms with E-state index in [-0.39, 0.29) is 40.0 Å². The van der Waals surface area contributed by atoms with Gasteiger partial charge in [-0.2, -0.15) is 23.1 Å². The summed E-state index contributed by atoms with van der Waals surface area (Å²) in [6.07, 6.45) is 2.46. The first-order chi connectivity index (χ1) is 21.1. The molecule has 2 aromatic heterocycles. The number of unbranched alkanes of at least 4 members (excludes halogenated alkanes) is 1. The van der Waals surface area contributed by atoms with Gasteiger partial charge in [-0.05, 0) is 63.9 Å². The van der Waals surface area contributed by atoms with Crippen molar-refractivity contribution in [3.05, 3.63) is 34.7 Å². The molecule has 0 saturated carbocycles. The van der Waals surface area contributed by atoms with Crippen LogP contribution in [0.25, 0.3) is 22.2 Å². The van der Waals surface area contributed by atoms with Crippen molar-refractivity contribution >= 4 is 34.0 Å². The lowest BCUT2D eigenvalue weighted by Gasteiger charge is -2.31. The maximum atomic E-state index is 16.3. The summed E-state index contributed by atoms with van der Waals surface area (Å²) >= 11 is 5.95. The molecule has 1 atom stereocenters. The first-order valence-electron chi connectivity index (χ1n) is 14.9. The number of nitrogens with two attached hydrogens (primary N) is 1. The number of nitrogens with one attached hydrogen (secondary N) is 2. The van der Waals surface area contributed by atoms with Crippen molar-refractivity contribution < 1.29 is 27.0 Å². The van der Waals surface area contributed by atoms with E-state index in [0.717, 1.165) is 70.3 Å². The Bertz CT molecular complexity index is 1470. The smallest absolute Gasteiger partial charge is 0.418 e. The summed E-state index contributed by atoms with van der Waals surface area (Å²) < 4.78 is 70.0. The minimum Gasteiger partial charge on any atom is -0.461 e. The number of hydrogen-bond acceptors (Lipinski definition) is 9. The first-order valence-corrected chi connectivity index (χ1v) is 15.3. The van der Waals surface area contributed by atoms with Crippen LogP contribution in [-0.4, -0.2) is 77.9 Å². The van der Waals surface area contributed by atoms with Gasteiger partial charge >= 0.3 is 12.2 Å². The van der Waals surface area contributed by atoms with Crippen molar-refractivity contribution in [3.8, 4) is 17.3 Å². The van der Waals surface area contributed by atoms with Gasteiger partial charge in [0.1, 0.15) is 23.6 Å². The molecule has 0 amide bonds. The third kappa shape index (κ3) is 6.80. The van der Waals surface area contributed by atoms with Gasteiger partial charge in [0, 0.05) is 37.1 Å². The topological polar surface area (TPSA) is 110 Å². The molecule has 2 saturated heterocycles. The van der Waals surface area contributed by atoms with Crippen molar-refractivity contribution in [2.24, 2.45) is 0 Å². The second kappa shape index (κ2) is 13.6. The van der Waals surface area contributed by atoms with E-state index in [0.29, 0.717) is 19.8 Å². The molecule has 240 valence electrons. The van der Waals surface area contributed by atoms with E-state index in [4.69, 9.17) is 26.8 Å². The number of aromatic nitrogens is 3. The molecule has 5 rings (SSSR count). The lowest BCUT2D eigenvalue weighted by molar-refractivity contribution is -0.137. The Labute approximate surface area is 258 Å². The van der Waals surface area contributed by atoms with Crippen LogP contribution in [-0.2, 0) is 10.9 Å². The number of anilines is 2. The van der Waals surface area contributed by atoms with Gasteiger partial charge in [-0.1, -0.05) is 24.9 Å². The van der Waals surface area contributed by atoms with Gasteiger partial charge in [0.2, 0.25) is 0 Å². The molecule has 44 heavy (non-hydrogen) atoms. The lowest BCUT2D eigenvalue weighted by atomic mass is 9.95. The van der Waals surface area contributed by atoms with Gasteiger partial charge < -0.3 is 25.8 Å². The lowest BCUT2D eigenvalue weighted by Crippen LogP contribution is -2.43. The summed E-state index contributed by atoms with van der Waals surface area (Å²) in [5.74, 6) is -0.823. The van der Waals surface area contributed by atoms with E-state index >= 15 is 4.39 Å². The second-order valence-corrected chi connectivity index (χ2v) is 11.9. The van der Waals surface area contributed by atoms with Gasteiger partial charge in [-0.3, -0.25) is 9.88 Å². The van der Waals surface area contributed by atoms with E-state index in [1.54, 1.807) is 7.11 Å². The molecule has 0 bridgehead atoms. The fourth-order valence-corrected chi connectivity index (χ4v) is 6.61. The fourth-order valence-electron chi connectivity index (χ4n) is 6.28. The Balaban J connectivity index is 1.55. The Kier molecular flexibility index (Phi) is 9.98. The number of rotatable bonds is 13. The maximum Gasteiger partial charge on any atom is 0.418 e. The Morgan fingerprint density at radius 2 is 1.93 bits per heavy atom. The van der Waals surface area contributed by atoms with Gasteiger partial charge in [0.05, 0.1) is 28.1 Å². The van der Waals surface area contributed by atoms with Crippen molar-refractivity contribution in [1.29, 1.82) is 0 Å². The van der Waals surface area contributed by atoms with Crippen LogP contribution in [0.15, 0.2) is 18.3 Å². The number of benzene rings is 1. The molecule has 4 heterocycles. The van der Waals surface area contributed by atoms with Crippen molar-refractivity contribution in [1.82, 2.24) is 25.2 Å². The van der Waals surface area contributed by atoms with Crippen LogP contribution in [0.3, 0.4) is 0 Å². The average molecular weight is 640 g/mol. The fraction of sp³-hybridized carbons (Fsp3) is 0.567. The van der Waals surface area contributed by atoms with Crippen molar-refractivity contribution in [3.63, 3.8) is 0 Å². The van der Waals surface area contributed by atoms with Crippen LogP contribution < -0.4 is 21.1 Å². The van der Waals surface area contributed by atoms with Gasteiger partial charge in [-0.25, -0.2) is 4.39 Å². The summed E-state index contributed by atoms with van der Waals surface area (Å²) in [5.41, 5.74) is 3.01. The largest absolute Gasteiger partial charge is 0.461 e. The SMILES string of the molecule is CCCCNC(CNc1nc(OCC23CCCN2CCC3)nc2c(F)c(-c3cc(N)cc(Cl)c3C(F)(F)F)ncc12)COC. The van der Waals surface area contributed by atoms with Gasteiger partial charge in [0.15, 0.2) is 5.82 Å². The maximum absolute atomic E-state index is 16.3. The molecule has 4 N–H and O–H groups in total. The Morgan fingerprint density at radius 3 is 2.61 bits per heavy atom. The number of fused-ring (bicyclic) bond motifs is 2. The molecule has 2 aliphatic heterocycles. The highest BCUT2D eigenvalue weighted by Crippen LogP contribution is 2.44. The van der Waals surface area contributed by atoms with Crippen molar-refractivity contribution in [2.75, 3.05) is 57.6 Å². The zero-order chi connectivity index (χ0) is 31.5. The predicted molar refractivity (Wildman–Crippen MR) is 162 cm³/mol. The third-order valence-electron chi connectivity index (χ3n) is 8.44. The predicted octanol–water partition coefficient (Wildman–Crippen LogP) is 5.91. The molecular formula is C30H38ClF4N7O2. The average Bonchev–Trinajstić information content (AvgIpc) is 3.55. The molecule has 2 fully saturated rings. The summed E-state index contributed by atoms with van der Waals surface area (Å²) in [5, 5.41) is 6.20. The second-order valence-electron chi connectivity index (χ2n) is 11.5. The summed E-state index contributed by atoms with van der Waals surface area (Å²) in [4.78, 5) is 15.4. The normalized spacial score (nSPS) is 17.2. The van der Waals surface area contributed by atoms with E-state index < -0.39 is 33.8 Å². The molecule has 2 aliphatic rings. The minimum absolute atomic E-state index is 0.0648. The molecule has 14 heteroatoms. The molecule has 0 radical (unpaired) electrons. The van der Waals surface area contributed by atoms with Gasteiger partial charge in [0.25, 0.3) is 0 Å². The number of hydrogen-bond donors (Lipinski definition) is 3. The highest BCUT2D eigenvalue weighted by atomic mass is 35.5. The van der Waals surface area contributed by atoms with Crippen molar-refractivity contribution in [2.45, 2.75) is 63.2 Å². The highest BCUT2D eigenvalue weighted by molar-refractivity contribution is 6.32. The number of nitrogen functional groups attached to an aromatic ring is 1. The number of ether oxygens (including phenoxy) is 2. The van der Waals surface area contributed by atoms with E-state index in [2.05, 4.69) is 37.4 Å². The quantitative estimate of drug-likeness (QED) is 0.119. The van der Waals surface area contributed by atoms with Crippen LogP contribution in [0.4, 0.5) is 29.1 Å². The van der Waals surface area contributed by atoms with E-state index in [1.807, 2.05) is 0 Å². The van der Waals surface area contributed by atoms with Crippen LogP contribution in [0.5, 0.6) is 6.01 Å². The first kappa shape index (κ1) is 32.4. The van der Waals surface area contributed by atoms with Crippen LogP contribution in [0.2, 0.25) is 5.02 Å². The standard InChI is InChI=1S/C30H38ClF4N7O2/c1-3-4-9-37-19(16-43-2)14-39-27-21-15-38-25(20-12-18(36)13-22(31)23(20)30(33,34)35)24(32)26(21)40-28(41-27)44-17-29-7-5-10-42(29)11-6-8-29/h12-13,15,19,37H,3-11,14,16-17,36H2,1-2H3,(H,39,40,41). The molecule has 0 aliphatic carbocycles. The van der Waals surface area contributed by atoms with E-state index in [1.165, 1.54) is 6.20 Å². The number of nitrogens with zero attached hydrogens (tertiary/aromatic N) is 4. The number of pyridine rings is 1. The zero-order valence-corrected chi connectivity index (χ0v) is 25.6. The summed E-state index contributed by atoms with van der Waals surface area (Å²) in [7, 11) is 1.61. The molecule has 3 aromatic rings. The number of halogens is 5. The van der Waals surface area contributed by atoms with Gasteiger partial charge in [-0.15, -0.1) is 0 Å².